The van der Waals surface area contributed by atoms with E-state index in [4.69, 9.17) is 9.52 Å². The van der Waals surface area contributed by atoms with Crippen LogP contribution in [0.15, 0.2) is 28.7 Å². The minimum Gasteiger partial charge on any atom is -0.440 e. The number of rotatable bonds is 2. The standard InChI is InChI=1S/C14H17NO2/c16-9-10-5-7-11(8-6-10)14-15-12-3-1-2-4-13(12)17-14/h1-4,10-11,16H,5-9H2. The first-order valence-corrected chi connectivity index (χ1v) is 6.33. The van der Waals surface area contributed by atoms with Gasteiger partial charge in [-0.2, -0.15) is 0 Å². The zero-order valence-corrected chi connectivity index (χ0v) is 9.80. The molecule has 0 bridgehead atoms. The Balaban J connectivity index is 1.80. The summed E-state index contributed by atoms with van der Waals surface area (Å²) in [4.78, 5) is 4.56. The van der Waals surface area contributed by atoms with E-state index in [0.717, 1.165) is 42.7 Å². The zero-order chi connectivity index (χ0) is 11.7. The van der Waals surface area contributed by atoms with E-state index in [9.17, 15) is 0 Å². The molecule has 0 aliphatic heterocycles. The largest absolute Gasteiger partial charge is 0.440 e. The molecule has 1 N–H and O–H groups in total. The molecular formula is C14H17NO2. The van der Waals surface area contributed by atoms with Crippen LogP contribution in [-0.2, 0) is 0 Å². The Hall–Kier alpha value is -1.35. The van der Waals surface area contributed by atoms with E-state index in [2.05, 4.69) is 4.98 Å². The number of aromatic nitrogens is 1. The molecule has 1 heterocycles. The Labute approximate surface area is 100 Å². The third kappa shape index (κ3) is 2.07. The summed E-state index contributed by atoms with van der Waals surface area (Å²) in [6.07, 6.45) is 4.33. The number of oxazole rings is 1. The monoisotopic (exact) mass is 231 g/mol. The van der Waals surface area contributed by atoms with Gasteiger partial charge < -0.3 is 9.52 Å². The Kier molecular flexibility index (Phi) is 2.85. The van der Waals surface area contributed by atoms with Crippen molar-refractivity contribution >= 4 is 11.1 Å². The highest BCUT2D eigenvalue weighted by atomic mass is 16.3. The summed E-state index contributed by atoms with van der Waals surface area (Å²) >= 11 is 0. The van der Waals surface area contributed by atoms with Gasteiger partial charge in [-0.3, -0.25) is 0 Å². The Morgan fingerprint density at radius 3 is 2.65 bits per heavy atom. The van der Waals surface area contributed by atoms with Gasteiger partial charge in [-0.1, -0.05) is 12.1 Å². The lowest BCUT2D eigenvalue weighted by molar-refractivity contribution is 0.177. The second kappa shape index (κ2) is 4.49. The highest BCUT2D eigenvalue weighted by molar-refractivity contribution is 5.72. The van der Waals surface area contributed by atoms with E-state index in [1.54, 1.807) is 0 Å². The minimum absolute atomic E-state index is 0.320. The van der Waals surface area contributed by atoms with Crippen LogP contribution in [0.2, 0.25) is 0 Å². The van der Waals surface area contributed by atoms with Crippen LogP contribution in [0.4, 0.5) is 0 Å². The zero-order valence-electron chi connectivity index (χ0n) is 9.80. The number of hydrogen-bond acceptors (Lipinski definition) is 3. The van der Waals surface area contributed by atoms with Crippen LogP contribution in [0.5, 0.6) is 0 Å². The summed E-state index contributed by atoms with van der Waals surface area (Å²) < 4.78 is 5.80. The minimum atomic E-state index is 0.320. The van der Waals surface area contributed by atoms with Crippen LogP contribution in [0.1, 0.15) is 37.5 Å². The topological polar surface area (TPSA) is 46.3 Å². The summed E-state index contributed by atoms with van der Waals surface area (Å²) in [5, 5.41) is 9.12. The highest BCUT2D eigenvalue weighted by Crippen LogP contribution is 2.36. The van der Waals surface area contributed by atoms with E-state index >= 15 is 0 Å². The summed E-state index contributed by atoms with van der Waals surface area (Å²) in [5.41, 5.74) is 1.83. The summed E-state index contributed by atoms with van der Waals surface area (Å²) in [6, 6.07) is 7.91. The van der Waals surface area contributed by atoms with Gasteiger partial charge in [0.15, 0.2) is 11.5 Å². The van der Waals surface area contributed by atoms with Crippen molar-refractivity contribution in [3.05, 3.63) is 30.2 Å². The van der Waals surface area contributed by atoms with Crippen LogP contribution in [0, 0.1) is 5.92 Å². The average Bonchev–Trinajstić information content (AvgIpc) is 2.82. The molecule has 0 spiro atoms. The maximum atomic E-state index is 9.12. The summed E-state index contributed by atoms with van der Waals surface area (Å²) in [7, 11) is 0. The first kappa shape index (κ1) is 10.8. The summed E-state index contributed by atoms with van der Waals surface area (Å²) in [6.45, 7) is 0.320. The third-order valence-electron chi connectivity index (χ3n) is 3.76. The molecule has 1 fully saturated rings. The number of fused-ring (bicyclic) bond motifs is 1. The van der Waals surface area contributed by atoms with Gasteiger partial charge in [0.1, 0.15) is 5.52 Å². The van der Waals surface area contributed by atoms with E-state index in [0.29, 0.717) is 18.4 Å². The summed E-state index contributed by atoms with van der Waals surface area (Å²) in [5.74, 6) is 1.79. The predicted octanol–water partition coefficient (Wildman–Crippen LogP) is 3.09. The second-order valence-electron chi connectivity index (χ2n) is 4.92. The van der Waals surface area contributed by atoms with Crippen LogP contribution >= 0.6 is 0 Å². The number of aliphatic hydroxyl groups excluding tert-OH is 1. The average molecular weight is 231 g/mol. The lowest BCUT2D eigenvalue weighted by atomic mass is 9.82. The third-order valence-corrected chi connectivity index (χ3v) is 3.76. The molecule has 1 aromatic carbocycles. The number of para-hydroxylation sites is 2. The molecule has 1 aromatic heterocycles. The van der Waals surface area contributed by atoms with Crippen molar-refractivity contribution in [3.63, 3.8) is 0 Å². The highest BCUT2D eigenvalue weighted by Gasteiger charge is 2.25. The van der Waals surface area contributed by atoms with E-state index < -0.39 is 0 Å². The normalized spacial score (nSPS) is 25.2. The smallest absolute Gasteiger partial charge is 0.198 e. The van der Waals surface area contributed by atoms with Crippen LogP contribution in [-0.4, -0.2) is 16.7 Å². The molecule has 2 aromatic rings. The fraction of sp³-hybridized carbons (Fsp3) is 0.500. The van der Waals surface area contributed by atoms with Crippen molar-refractivity contribution in [2.75, 3.05) is 6.61 Å². The van der Waals surface area contributed by atoms with Crippen molar-refractivity contribution < 1.29 is 9.52 Å². The van der Waals surface area contributed by atoms with Crippen LogP contribution in [0.25, 0.3) is 11.1 Å². The molecule has 0 atom stereocenters. The Morgan fingerprint density at radius 1 is 1.18 bits per heavy atom. The molecule has 1 saturated carbocycles. The molecule has 0 unspecified atom stereocenters. The maximum absolute atomic E-state index is 9.12. The predicted molar refractivity (Wildman–Crippen MR) is 65.8 cm³/mol. The van der Waals surface area contributed by atoms with Gasteiger partial charge in [-0.15, -0.1) is 0 Å². The molecule has 90 valence electrons. The van der Waals surface area contributed by atoms with E-state index in [1.807, 2.05) is 24.3 Å². The molecule has 1 aliphatic carbocycles. The first-order chi connectivity index (χ1) is 8.36. The quantitative estimate of drug-likeness (QED) is 0.863. The van der Waals surface area contributed by atoms with Crippen molar-refractivity contribution in [1.82, 2.24) is 4.98 Å². The molecule has 1 aliphatic rings. The van der Waals surface area contributed by atoms with Gasteiger partial charge in [0, 0.05) is 12.5 Å². The molecule has 0 saturated heterocycles. The SMILES string of the molecule is OCC1CCC(c2nc3ccccc3o2)CC1. The van der Waals surface area contributed by atoms with Gasteiger partial charge in [-0.25, -0.2) is 4.98 Å². The van der Waals surface area contributed by atoms with Gasteiger partial charge in [0.05, 0.1) is 0 Å². The fourth-order valence-corrected chi connectivity index (χ4v) is 2.66. The lowest BCUT2D eigenvalue weighted by Gasteiger charge is -2.24. The molecule has 3 heteroatoms. The lowest BCUT2D eigenvalue weighted by Crippen LogP contribution is -2.16. The second-order valence-corrected chi connectivity index (χ2v) is 4.92. The van der Waals surface area contributed by atoms with E-state index in [1.165, 1.54) is 0 Å². The van der Waals surface area contributed by atoms with Gasteiger partial charge in [0.2, 0.25) is 0 Å². The van der Waals surface area contributed by atoms with Crippen LogP contribution < -0.4 is 0 Å². The van der Waals surface area contributed by atoms with E-state index in [-0.39, 0.29) is 0 Å². The number of hydrogen-bond donors (Lipinski definition) is 1. The molecule has 17 heavy (non-hydrogen) atoms. The van der Waals surface area contributed by atoms with Gasteiger partial charge >= 0.3 is 0 Å². The number of nitrogens with zero attached hydrogens (tertiary/aromatic N) is 1. The molecule has 3 nitrogen and oxygen atoms in total. The molecule has 3 rings (SSSR count). The van der Waals surface area contributed by atoms with Crippen molar-refractivity contribution in [1.29, 1.82) is 0 Å². The van der Waals surface area contributed by atoms with Crippen LogP contribution in [0.3, 0.4) is 0 Å². The van der Waals surface area contributed by atoms with Gasteiger partial charge in [-0.05, 0) is 43.7 Å². The first-order valence-electron chi connectivity index (χ1n) is 6.33. The molecule has 0 amide bonds. The fourth-order valence-electron chi connectivity index (χ4n) is 2.66. The Morgan fingerprint density at radius 2 is 1.94 bits per heavy atom. The molecular weight excluding hydrogens is 214 g/mol. The maximum Gasteiger partial charge on any atom is 0.198 e. The van der Waals surface area contributed by atoms with Crippen molar-refractivity contribution in [2.24, 2.45) is 5.92 Å². The number of benzene rings is 1. The Bertz CT molecular complexity index is 465. The van der Waals surface area contributed by atoms with Crippen molar-refractivity contribution in [2.45, 2.75) is 31.6 Å². The van der Waals surface area contributed by atoms with Crippen molar-refractivity contribution in [3.8, 4) is 0 Å². The number of aliphatic hydroxyl groups is 1. The molecule has 0 radical (unpaired) electrons. The van der Waals surface area contributed by atoms with Gasteiger partial charge in [0.25, 0.3) is 0 Å².